The summed E-state index contributed by atoms with van der Waals surface area (Å²) in [5.74, 6) is -1.64. The first-order chi connectivity index (χ1) is 14.2. The fourth-order valence-electron chi connectivity index (χ4n) is 3.12. The quantitative estimate of drug-likeness (QED) is 0.237. The van der Waals surface area contributed by atoms with Gasteiger partial charge in [0, 0.05) is 38.3 Å². The average molecular weight is 491 g/mol. The van der Waals surface area contributed by atoms with Crippen molar-refractivity contribution in [3.05, 3.63) is 40.8 Å². The minimum atomic E-state index is -0.703. The Hall–Kier alpha value is -3.66. The van der Waals surface area contributed by atoms with Gasteiger partial charge in [-0.15, -0.1) is 17.0 Å². The molecule has 160 valence electrons. The third-order valence-electron chi connectivity index (χ3n) is 4.13. The minimum absolute atomic E-state index is 0. The Bertz CT molecular complexity index is 1430. The van der Waals surface area contributed by atoms with Crippen LogP contribution in [-0.4, -0.2) is 17.9 Å². The summed E-state index contributed by atoms with van der Waals surface area (Å²) < 4.78 is 26.4. The molecule has 0 aliphatic rings. The first kappa shape index (κ1) is 22.0. The Morgan fingerprint density at radius 2 is 1.32 bits per heavy atom. The Morgan fingerprint density at radius 1 is 0.742 bits per heavy atom. The van der Waals surface area contributed by atoms with Crippen molar-refractivity contribution in [2.75, 3.05) is 0 Å². The van der Waals surface area contributed by atoms with E-state index in [9.17, 15) is 19.2 Å². The summed E-state index contributed by atoms with van der Waals surface area (Å²) in [6.07, 6.45) is 0. The van der Waals surface area contributed by atoms with Gasteiger partial charge in [-0.1, -0.05) is 0 Å². The van der Waals surface area contributed by atoms with Crippen LogP contribution in [0.25, 0.3) is 32.9 Å². The van der Waals surface area contributed by atoms with Crippen LogP contribution in [0.2, 0.25) is 0 Å². The zero-order valence-electron chi connectivity index (χ0n) is 16.5. The first-order valence-electron chi connectivity index (χ1n) is 8.75. The molecule has 0 atom stereocenters. The molecule has 2 aromatic carbocycles. The van der Waals surface area contributed by atoms with Crippen LogP contribution in [0.15, 0.2) is 44.0 Å². The third kappa shape index (κ3) is 4.15. The summed E-state index contributed by atoms with van der Waals surface area (Å²) in [6, 6.07) is 7.25. The molecule has 9 nitrogen and oxygen atoms in total. The molecule has 0 aliphatic carbocycles. The monoisotopic (exact) mass is 490 g/mol. The topological polar surface area (TPSA) is 122 Å². The molecule has 0 N–H and O–H groups in total. The maximum Gasteiger partial charge on any atom is 0.348 e. The van der Waals surface area contributed by atoms with Gasteiger partial charge in [0.2, 0.25) is 0 Å². The molecule has 0 spiro atoms. The van der Waals surface area contributed by atoms with E-state index in [1.807, 2.05) is 0 Å². The van der Waals surface area contributed by atoms with Gasteiger partial charge in [-0.25, -0.2) is 4.79 Å². The maximum absolute atomic E-state index is 12.7. The van der Waals surface area contributed by atoms with Gasteiger partial charge in [-0.2, -0.15) is 0 Å². The van der Waals surface area contributed by atoms with Crippen molar-refractivity contribution in [1.29, 1.82) is 0 Å². The lowest BCUT2D eigenvalue weighted by atomic mass is 10.1. The number of ether oxygens (including phenoxy) is 3. The zero-order valence-corrected chi connectivity index (χ0v) is 18.2. The third-order valence-corrected chi connectivity index (χ3v) is 4.13. The summed E-state index contributed by atoms with van der Waals surface area (Å²) in [6.45, 7) is 3.64. The average Bonchev–Trinajstić information content (AvgIpc) is 2.99. The highest BCUT2D eigenvalue weighted by Crippen LogP contribution is 2.39. The number of carbonyl (C=O) groups excluding carboxylic acids is 3. The van der Waals surface area contributed by atoms with E-state index >= 15 is 0 Å². The number of carbonyl (C=O) groups is 3. The highest BCUT2D eigenvalue weighted by atomic mass is 79.9. The molecule has 0 saturated heterocycles. The Labute approximate surface area is 184 Å². The Balaban J connectivity index is 0.00000272. The largest absolute Gasteiger partial charge is 0.455 e. The van der Waals surface area contributed by atoms with Gasteiger partial charge in [0.15, 0.2) is 17.1 Å². The molecule has 0 unspecified atom stereocenters. The van der Waals surface area contributed by atoms with Crippen molar-refractivity contribution in [3.63, 3.8) is 0 Å². The molecule has 0 fully saturated rings. The Kier molecular flexibility index (Phi) is 5.85. The second-order valence-electron chi connectivity index (χ2n) is 6.43. The van der Waals surface area contributed by atoms with Gasteiger partial charge >= 0.3 is 23.5 Å². The van der Waals surface area contributed by atoms with E-state index in [2.05, 4.69) is 0 Å². The number of halogens is 1. The molecule has 4 aromatic rings. The van der Waals surface area contributed by atoms with E-state index in [0.717, 1.165) is 0 Å². The minimum Gasteiger partial charge on any atom is -0.455 e. The number of hydrogen-bond acceptors (Lipinski definition) is 9. The fraction of sp³-hybridized carbons (Fsp3) is 0.143. The van der Waals surface area contributed by atoms with Crippen molar-refractivity contribution in [1.82, 2.24) is 0 Å². The van der Waals surface area contributed by atoms with Crippen LogP contribution in [0, 0.1) is 0 Å². The molecule has 2 aromatic heterocycles. The van der Waals surface area contributed by atoms with Crippen LogP contribution in [0.1, 0.15) is 20.8 Å². The number of benzene rings is 2. The van der Waals surface area contributed by atoms with Crippen molar-refractivity contribution in [2.24, 2.45) is 0 Å². The number of fused-ring (bicyclic) bond motifs is 5. The van der Waals surface area contributed by atoms with E-state index in [-0.39, 0.29) is 56.4 Å². The lowest BCUT2D eigenvalue weighted by Gasteiger charge is -2.08. The first-order valence-corrected chi connectivity index (χ1v) is 8.75. The van der Waals surface area contributed by atoms with E-state index < -0.39 is 23.5 Å². The molecule has 4 rings (SSSR count). The van der Waals surface area contributed by atoms with Crippen molar-refractivity contribution < 1.29 is 37.4 Å². The number of rotatable bonds is 3. The van der Waals surface area contributed by atoms with Crippen LogP contribution in [-0.2, 0) is 14.4 Å². The highest BCUT2D eigenvalue weighted by Gasteiger charge is 2.21. The SMILES string of the molecule is Br.CC(=O)Oc1ccc2c(c1)oc(=O)c1c3cc(OC(C)=O)c(OC(C)=O)cc3oc21. The normalized spacial score (nSPS) is 10.7. The van der Waals surface area contributed by atoms with E-state index in [1.165, 1.54) is 45.0 Å². The Morgan fingerprint density at radius 3 is 1.94 bits per heavy atom. The smallest absolute Gasteiger partial charge is 0.348 e. The van der Waals surface area contributed by atoms with E-state index in [4.69, 9.17) is 23.0 Å². The predicted octanol–water partition coefficient (Wildman–Crippen LogP) is 4.05. The fourth-order valence-corrected chi connectivity index (χ4v) is 3.12. The molecular weight excluding hydrogens is 476 g/mol. The van der Waals surface area contributed by atoms with Crippen molar-refractivity contribution in [2.45, 2.75) is 20.8 Å². The van der Waals surface area contributed by atoms with Crippen LogP contribution in [0.3, 0.4) is 0 Å². The summed E-state index contributed by atoms with van der Waals surface area (Å²) in [5, 5.41) is 0.900. The zero-order chi connectivity index (χ0) is 21.6. The molecule has 0 radical (unpaired) electrons. The summed E-state index contributed by atoms with van der Waals surface area (Å²) in [5.41, 5.74) is -0.101. The van der Waals surface area contributed by atoms with E-state index in [1.54, 1.807) is 6.07 Å². The van der Waals surface area contributed by atoms with Crippen molar-refractivity contribution >= 4 is 67.8 Å². The second kappa shape index (κ2) is 8.23. The van der Waals surface area contributed by atoms with Crippen LogP contribution < -0.4 is 19.8 Å². The van der Waals surface area contributed by atoms with Gasteiger partial charge in [0.1, 0.15) is 22.3 Å². The molecule has 31 heavy (non-hydrogen) atoms. The van der Waals surface area contributed by atoms with Crippen molar-refractivity contribution in [3.8, 4) is 17.2 Å². The summed E-state index contributed by atoms with van der Waals surface area (Å²) in [7, 11) is 0. The van der Waals surface area contributed by atoms with Gasteiger partial charge in [0.05, 0.1) is 5.39 Å². The standard InChI is InChI=1S/C21H14O9.BrH/c1-9(22)26-12-4-5-13-15(6-12)30-21(25)19-14-7-17(27-10(2)23)18(28-11(3)24)8-16(14)29-20(13)19;/h4-8H,1-3H3;1H. The summed E-state index contributed by atoms with van der Waals surface area (Å²) in [4.78, 5) is 46.7. The number of esters is 3. The number of hydrogen-bond donors (Lipinski definition) is 0. The van der Waals surface area contributed by atoms with Gasteiger partial charge in [-0.05, 0) is 18.2 Å². The molecule has 2 heterocycles. The predicted molar refractivity (Wildman–Crippen MR) is 114 cm³/mol. The molecule has 0 amide bonds. The van der Waals surface area contributed by atoms with Gasteiger partial charge in [0.25, 0.3) is 0 Å². The lowest BCUT2D eigenvalue weighted by molar-refractivity contribution is -0.134. The lowest BCUT2D eigenvalue weighted by Crippen LogP contribution is -2.07. The second-order valence-corrected chi connectivity index (χ2v) is 6.43. The molecule has 10 heteroatoms. The van der Waals surface area contributed by atoms with Crippen LogP contribution in [0.5, 0.6) is 17.2 Å². The molecule has 0 saturated carbocycles. The number of furan rings is 1. The highest BCUT2D eigenvalue weighted by molar-refractivity contribution is 8.93. The summed E-state index contributed by atoms with van der Waals surface area (Å²) >= 11 is 0. The maximum atomic E-state index is 12.7. The molecule has 0 aliphatic heterocycles. The molecular formula is C21H15BrO9. The molecule has 0 bridgehead atoms. The van der Waals surface area contributed by atoms with Crippen LogP contribution >= 0.6 is 17.0 Å². The van der Waals surface area contributed by atoms with E-state index in [0.29, 0.717) is 10.8 Å². The van der Waals surface area contributed by atoms with Gasteiger partial charge < -0.3 is 23.0 Å². The van der Waals surface area contributed by atoms with Gasteiger partial charge in [-0.3, -0.25) is 14.4 Å². The van der Waals surface area contributed by atoms with Crippen LogP contribution in [0.4, 0.5) is 0 Å².